The first-order valence-electron chi connectivity index (χ1n) is 9.15. The van der Waals surface area contributed by atoms with Gasteiger partial charge in [0.15, 0.2) is 5.66 Å². The van der Waals surface area contributed by atoms with E-state index in [0.717, 1.165) is 32.2 Å². The maximum atomic E-state index is 12.6. The van der Waals surface area contributed by atoms with Crippen LogP contribution in [0, 0.1) is 12.3 Å². The minimum atomic E-state index is -0.294. The first-order valence-corrected chi connectivity index (χ1v) is 9.15. The standard InChI is InChI=1S/C18H28N4O/c1-2-3-11-18(20-21-18)12-13-19-17(23)16-10-6-7-14-22(16)15-8-4-5-9-15/h1,15-16H,3-14H2,(H,19,23). The molecule has 0 aromatic rings. The van der Waals surface area contributed by atoms with Gasteiger partial charge < -0.3 is 5.32 Å². The number of hydrogen-bond donors (Lipinski definition) is 1. The number of terminal acetylenes is 1. The third-order valence-corrected chi connectivity index (χ3v) is 5.52. The van der Waals surface area contributed by atoms with Crippen LogP contribution in [0.4, 0.5) is 0 Å². The number of nitrogens with one attached hydrogen (secondary N) is 1. The summed E-state index contributed by atoms with van der Waals surface area (Å²) >= 11 is 0. The highest BCUT2D eigenvalue weighted by Crippen LogP contribution is 2.36. The van der Waals surface area contributed by atoms with Gasteiger partial charge in [0.2, 0.25) is 5.91 Å². The van der Waals surface area contributed by atoms with Gasteiger partial charge >= 0.3 is 0 Å². The van der Waals surface area contributed by atoms with E-state index in [1.807, 2.05) is 0 Å². The zero-order chi connectivity index (χ0) is 16.1. The van der Waals surface area contributed by atoms with E-state index < -0.39 is 0 Å². The molecular weight excluding hydrogens is 288 g/mol. The first-order chi connectivity index (χ1) is 11.2. The van der Waals surface area contributed by atoms with Crippen molar-refractivity contribution in [3.05, 3.63) is 0 Å². The minimum absolute atomic E-state index is 0.0709. The third-order valence-electron chi connectivity index (χ3n) is 5.52. The Morgan fingerprint density at radius 2 is 1.91 bits per heavy atom. The van der Waals surface area contributed by atoms with Gasteiger partial charge in [-0.15, -0.1) is 12.3 Å². The summed E-state index contributed by atoms with van der Waals surface area (Å²) in [4.78, 5) is 15.1. The molecule has 5 nitrogen and oxygen atoms in total. The van der Waals surface area contributed by atoms with E-state index in [1.54, 1.807) is 0 Å². The topological polar surface area (TPSA) is 57.1 Å². The van der Waals surface area contributed by atoms with E-state index in [4.69, 9.17) is 6.42 Å². The smallest absolute Gasteiger partial charge is 0.237 e. The monoisotopic (exact) mass is 316 g/mol. The molecular formula is C18H28N4O. The lowest BCUT2D eigenvalue weighted by atomic mass is 9.98. The maximum Gasteiger partial charge on any atom is 0.237 e. The van der Waals surface area contributed by atoms with Crippen LogP contribution in [-0.4, -0.2) is 41.6 Å². The lowest BCUT2D eigenvalue weighted by molar-refractivity contribution is -0.128. The fourth-order valence-corrected chi connectivity index (χ4v) is 4.08. The molecule has 1 aliphatic carbocycles. The summed E-state index contributed by atoms with van der Waals surface area (Å²) in [7, 11) is 0. The van der Waals surface area contributed by atoms with E-state index in [0.29, 0.717) is 19.0 Å². The van der Waals surface area contributed by atoms with E-state index in [1.165, 1.54) is 32.1 Å². The van der Waals surface area contributed by atoms with Gasteiger partial charge in [-0.1, -0.05) is 19.3 Å². The van der Waals surface area contributed by atoms with Crippen molar-refractivity contribution in [1.29, 1.82) is 0 Å². The Hall–Kier alpha value is -1.41. The molecule has 0 aromatic heterocycles. The second-order valence-corrected chi connectivity index (χ2v) is 7.12. The Morgan fingerprint density at radius 1 is 1.17 bits per heavy atom. The van der Waals surface area contributed by atoms with E-state index in [9.17, 15) is 4.79 Å². The average Bonchev–Trinajstić information content (AvgIpc) is 3.13. The number of amides is 1. The molecule has 1 saturated heterocycles. The molecule has 0 bridgehead atoms. The molecule has 1 saturated carbocycles. The van der Waals surface area contributed by atoms with Crippen LogP contribution < -0.4 is 5.32 Å². The van der Waals surface area contributed by atoms with Gasteiger partial charge in [0.1, 0.15) is 0 Å². The molecule has 1 N–H and O–H groups in total. The molecule has 2 heterocycles. The van der Waals surface area contributed by atoms with Crippen LogP contribution >= 0.6 is 0 Å². The predicted molar refractivity (Wildman–Crippen MR) is 89.9 cm³/mol. The van der Waals surface area contributed by atoms with Crippen molar-refractivity contribution in [2.75, 3.05) is 13.1 Å². The van der Waals surface area contributed by atoms with E-state index in [2.05, 4.69) is 26.4 Å². The molecule has 2 aliphatic heterocycles. The highest BCUT2D eigenvalue weighted by molar-refractivity contribution is 5.81. The number of likely N-dealkylation sites (tertiary alicyclic amines) is 1. The summed E-state index contributed by atoms with van der Waals surface area (Å²) < 4.78 is 0. The molecule has 0 radical (unpaired) electrons. The summed E-state index contributed by atoms with van der Waals surface area (Å²) in [6.45, 7) is 1.73. The fraction of sp³-hybridized carbons (Fsp3) is 0.833. The second-order valence-electron chi connectivity index (χ2n) is 7.12. The summed E-state index contributed by atoms with van der Waals surface area (Å²) in [6.07, 6.45) is 16.1. The molecule has 23 heavy (non-hydrogen) atoms. The SMILES string of the molecule is C#CCCC1(CCNC(=O)C2CCCCN2C2CCCC2)N=N1. The number of nitrogens with zero attached hydrogens (tertiary/aromatic N) is 3. The van der Waals surface area contributed by atoms with Crippen molar-refractivity contribution < 1.29 is 4.79 Å². The van der Waals surface area contributed by atoms with Gasteiger partial charge in [-0.3, -0.25) is 9.69 Å². The quantitative estimate of drug-likeness (QED) is 0.734. The third kappa shape index (κ3) is 4.11. The number of carbonyl (C=O) groups excluding carboxylic acids is 1. The summed E-state index contributed by atoms with van der Waals surface area (Å²) in [5.41, 5.74) is -0.294. The summed E-state index contributed by atoms with van der Waals surface area (Å²) in [6, 6.07) is 0.697. The number of rotatable bonds is 7. The largest absolute Gasteiger partial charge is 0.355 e. The van der Waals surface area contributed by atoms with Crippen LogP contribution in [0.1, 0.15) is 64.2 Å². The normalized spacial score (nSPS) is 26.8. The highest BCUT2D eigenvalue weighted by atomic mass is 16.2. The Labute approximate surface area is 139 Å². The van der Waals surface area contributed by atoms with E-state index in [-0.39, 0.29) is 17.6 Å². The Balaban J connectivity index is 1.45. The zero-order valence-electron chi connectivity index (χ0n) is 14.0. The van der Waals surface area contributed by atoms with Crippen molar-refractivity contribution in [2.24, 2.45) is 10.2 Å². The molecule has 3 rings (SSSR count). The molecule has 126 valence electrons. The fourth-order valence-electron chi connectivity index (χ4n) is 4.08. The van der Waals surface area contributed by atoms with Crippen molar-refractivity contribution >= 4 is 5.91 Å². The maximum absolute atomic E-state index is 12.6. The number of hydrogen-bond acceptors (Lipinski definition) is 4. The van der Waals surface area contributed by atoms with Crippen molar-refractivity contribution in [3.8, 4) is 12.3 Å². The van der Waals surface area contributed by atoms with E-state index >= 15 is 0 Å². The predicted octanol–water partition coefficient (Wildman–Crippen LogP) is 2.87. The molecule has 3 aliphatic rings. The van der Waals surface area contributed by atoms with Crippen LogP contribution in [-0.2, 0) is 4.79 Å². The summed E-state index contributed by atoms with van der Waals surface area (Å²) in [5, 5.41) is 11.4. The molecule has 1 unspecified atom stereocenters. The van der Waals surface area contributed by atoms with Crippen LogP contribution in [0.2, 0.25) is 0 Å². The van der Waals surface area contributed by atoms with Crippen molar-refractivity contribution in [2.45, 2.75) is 82.0 Å². The first kappa shape index (κ1) is 16.4. The Morgan fingerprint density at radius 3 is 2.61 bits per heavy atom. The zero-order valence-corrected chi connectivity index (χ0v) is 14.0. The van der Waals surface area contributed by atoms with Crippen LogP contribution in [0.25, 0.3) is 0 Å². The Bertz CT molecular complexity index is 484. The second kappa shape index (κ2) is 7.44. The van der Waals surface area contributed by atoms with Gasteiger partial charge in [-0.25, -0.2) is 0 Å². The molecule has 1 atom stereocenters. The molecule has 1 amide bonds. The van der Waals surface area contributed by atoms with Crippen molar-refractivity contribution in [3.63, 3.8) is 0 Å². The lowest BCUT2D eigenvalue weighted by Crippen LogP contribution is -2.53. The van der Waals surface area contributed by atoms with Crippen LogP contribution in [0.5, 0.6) is 0 Å². The number of piperidine rings is 1. The summed E-state index contributed by atoms with van der Waals surface area (Å²) in [5.74, 6) is 2.84. The van der Waals surface area contributed by atoms with Gasteiger partial charge in [-0.2, -0.15) is 10.2 Å². The van der Waals surface area contributed by atoms with Gasteiger partial charge in [0.25, 0.3) is 0 Å². The molecule has 0 spiro atoms. The van der Waals surface area contributed by atoms with Crippen LogP contribution in [0.3, 0.4) is 0 Å². The molecule has 5 heteroatoms. The Kier molecular flexibility index (Phi) is 5.32. The van der Waals surface area contributed by atoms with Crippen molar-refractivity contribution in [1.82, 2.24) is 10.2 Å². The molecule has 0 aromatic carbocycles. The minimum Gasteiger partial charge on any atom is -0.355 e. The van der Waals surface area contributed by atoms with Gasteiger partial charge in [0.05, 0.1) is 6.04 Å². The average molecular weight is 316 g/mol. The van der Waals surface area contributed by atoms with Gasteiger partial charge in [-0.05, 0) is 32.2 Å². The lowest BCUT2D eigenvalue weighted by Gasteiger charge is -2.39. The number of carbonyl (C=O) groups is 1. The van der Waals surface area contributed by atoms with Gasteiger partial charge in [0, 0.05) is 31.8 Å². The molecule has 2 fully saturated rings. The van der Waals surface area contributed by atoms with Crippen LogP contribution in [0.15, 0.2) is 10.2 Å². The highest BCUT2D eigenvalue weighted by Gasteiger charge is 2.39.